The van der Waals surface area contributed by atoms with Gasteiger partial charge < -0.3 is 29.2 Å². The van der Waals surface area contributed by atoms with E-state index in [2.05, 4.69) is 13.8 Å². The lowest BCUT2D eigenvalue weighted by molar-refractivity contribution is -0.358. The first-order valence-electron chi connectivity index (χ1n) is 15.8. The average Bonchev–Trinajstić information content (AvgIpc) is 2.93. The highest BCUT2D eigenvalue weighted by molar-refractivity contribution is 5.89. The zero-order valence-electron chi connectivity index (χ0n) is 27.4. The number of aliphatic hydroxyl groups excluding tert-OH is 1. The van der Waals surface area contributed by atoms with Crippen molar-refractivity contribution >= 4 is 17.9 Å². The van der Waals surface area contributed by atoms with E-state index in [9.17, 15) is 24.6 Å². The molecule has 10 atom stereocenters. The van der Waals surface area contributed by atoms with E-state index in [-0.39, 0.29) is 30.8 Å². The molecule has 0 spiro atoms. The molecule has 0 unspecified atom stereocenters. The van der Waals surface area contributed by atoms with E-state index in [0.29, 0.717) is 17.6 Å². The van der Waals surface area contributed by atoms with Crippen molar-refractivity contribution in [3.63, 3.8) is 0 Å². The van der Waals surface area contributed by atoms with E-state index < -0.39 is 70.3 Å². The third kappa shape index (κ3) is 4.56. The molecule has 0 radical (unpaired) electrons. The summed E-state index contributed by atoms with van der Waals surface area (Å²) >= 11 is 0. The number of carbonyl (C=O) groups is 3. The largest absolute Gasteiger partial charge is 0.455 e. The van der Waals surface area contributed by atoms with Gasteiger partial charge in [-0.05, 0) is 55.2 Å². The average molecular weight is 613 g/mol. The Labute approximate surface area is 260 Å². The van der Waals surface area contributed by atoms with Crippen molar-refractivity contribution in [3.05, 3.63) is 47.0 Å². The topological polar surface area (TPSA) is 129 Å². The number of allylic oxidation sites excluding steroid dienone is 1. The smallest absolute Gasteiger partial charge is 0.338 e. The van der Waals surface area contributed by atoms with Gasteiger partial charge >= 0.3 is 17.9 Å². The van der Waals surface area contributed by atoms with E-state index in [1.807, 2.05) is 34.6 Å². The lowest BCUT2D eigenvalue weighted by Crippen LogP contribution is -2.81. The van der Waals surface area contributed by atoms with Crippen LogP contribution < -0.4 is 0 Å². The second-order valence-electron chi connectivity index (χ2n) is 14.7. The summed E-state index contributed by atoms with van der Waals surface area (Å²) in [5, 5.41) is 26.0. The maximum atomic E-state index is 14.0. The Balaban J connectivity index is 1.86. The van der Waals surface area contributed by atoms with Gasteiger partial charge in [0.2, 0.25) is 0 Å². The molecule has 1 aromatic carbocycles. The highest BCUT2D eigenvalue weighted by Crippen LogP contribution is 2.67. The Morgan fingerprint density at radius 3 is 2.18 bits per heavy atom. The molecule has 44 heavy (non-hydrogen) atoms. The SMILES string of the molecule is CC(=O)O[C@@H]1C2=C(C)[C@@H](C(C)C)C[C@@](O)([C@@H](OC(=O)c3ccccc3)[C@@H]3[C@]4(OC(C)=O)CO[C@@H]4C[C@H](C)[C@@]3(C)[C@H]1O)C2(C)C. The molecule has 0 aromatic heterocycles. The Kier molecular flexibility index (Phi) is 8.12. The predicted octanol–water partition coefficient (Wildman–Crippen LogP) is 4.63. The number of benzene rings is 1. The Hall–Kier alpha value is -2.75. The summed E-state index contributed by atoms with van der Waals surface area (Å²) in [6.07, 6.45) is -3.48. The van der Waals surface area contributed by atoms with Crippen LogP contribution in [0.15, 0.2) is 41.5 Å². The molecule has 2 N–H and O–H groups in total. The maximum Gasteiger partial charge on any atom is 0.338 e. The summed E-state index contributed by atoms with van der Waals surface area (Å²) in [5.74, 6) is -3.05. The van der Waals surface area contributed by atoms with Crippen molar-refractivity contribution in [2.24, 2.45) is 34.5 Å². The first-order chi connectivity index (χ1) is 20.4. The quantitative estimate of drug-likeness (QED) is 0.278. The number of rotatable bonds is 5. The van der Waals surface area contributed by atoms with Gasteiger partial charge in [-0.15, -0.1) is 0 Å². The third-order valence-corrected chi connectivity index (χ3v) is 11.8. The molecule has 1 heterocycles. The van der Waals surface area contributed by atoms with Gasteiger partial charge in [0, 0.05) is 24.7 Å². The standard InChI is InChI=1S/C35H48O9/c1-18(2)24-16-35(40)30(43-31(39)23-13-11-10-12-14-23)28-33(9,19(3)15-25-34(28,17-41-25)44-22(6)37)29(38)27(42-21(5)36)26(20(24)4)32(35,7)8/h10-14,18-19,24-25,27-30,38,40H,15-17H2,1-9H3/t19-,24+,25+,27+,28-,29-,30-,33+,34-,35+/m0/s1. The maximum absolute atomic E-state index is 14.0. The number of esters is 3. The van der Waals surface area contributed by atoms with Crippen LogP contribution in [0, 0.1) is 34.5 Å². The van der Waals surface area contributed by atoms with Crippen LogP contribution in [0.1, 0.15) is 85.5 Å². The lowest BCUT2D eigenvalue weighted by atomic mass is 9.42. The zero-order valence-corrected chi connectivity index (χ0v) is 27.4. The molecule has 4 aliphatic rings. The highest BCUT2D eigenvalue weighted by atomic mass is 16.6. The fourth-order valence-electron chi connectivity index (χ4n) is 9.26. The fourth-order valence-corrected chi connectivity index (χ4v) is 9.26. The summed E-state index contributed by atoms with van der Waals surface area (Å²) in [4.78, 5) is 39.4. The fraction of sp³-hybridized carbons (Fsp3) is 0.686. The number of ether oxygens (including phenoxy) is 4. The minimum atomic E-state index is -1.73. The minimum absolute atomic E-state index is 0.0143. The molecule has 2 bridgehead atoms. The first-order valence-corrected chi connectivity index (χ1v) is 15.8. The summed E-state index contributed by atoms with van der Waals surface area (Å²) < 4.78 is 24.8. The summed E-state index contributed by atoms with van der Waals surface area (Å²) in [5.41, 5.74) is -3.46. The van der Waals surface area contributed by atoms with Crippen LogP contribution in [-0.4, -0.2) is 70.3 Å². The molecule has 9 nitrogen and oxygen atoms in total. The Morgan fingerprint density at radius 2 is 1.66 bits per heavy atom. The second kappa shape index (κ2) is 11.0. The molecule has 3 aliphatic carbocycles. The van der Waals surface area contributed by atoms with Gasteiger partial charge in [0.05, 0.1) is 18.1 Å². The molecule has 3 fully saturated rings. The molecule has 1 aromatic rings. The van der Waals surface area contributed by atoms with Crippen LogP contribution in [0.25, 0.3) is 0 Å². The molecule has 1 saturated heterocycles. The number of carbonyl (C=O) groups excluding carboxylic acids is 3. The Bertz CT molecular complexity index is 1350. The second-order valence-corrected chi connectivity index (χ2v) is 14.7. The van der Waals surface area contributed by atoms with Gasteiger partial charge in [-0.25, -0.2) is 4.79 Å². The van der Waals surface area contributed by atoms with Gasteiger partial charge in [0.15, 0.2) is 11.7 Å². The monoisotopic (exact) mass is 612 g/mol. The van der Waals surface area contributed by atoms with Crippen molar-refractivity contribution in [2.45, 2.75) is 111 Å². The zero-order chi connectivity index (χ0) is 32.6. The molecular weight excluding hydrogens is 564 g/mol. The number of hydrogen-bond donors (Lipinski definition) is 2. The van der Waals surface area contributed by atoms with Crippen molar-refractivity contribution < 1.29 is 43.5 Å². The van der Waals surface area contributed by atoms with Crippen molar-refractivity contribution in [2.75, 3.05) is 6.61 Å². The van der Waals surface area contributed by atoms with Crippen molar-refractivity contribution in [1.82, 2.24) is 0 Å². The number of fused-ring (bicyclic) bond motifs is 5. The first kappa shape index (κ1) is 32.6. The van der Waals surface area contributed by atoms with Crippen LogP contribution in [0.2, 0.25) is 0 Å². The van der Waals surface area contributed by atoms with E-state index in [1.165, 1.54) is 13.8 Å². The molecule has 242 valence electrons. The molecule has 2 saturated carbocycles. The number of hydrogen-bond acceptors (Lipinski definition) is 9. The third-order valence-electron chi connectivity index (χ3n) is 11.8. The lowest BCUT2D eigenvalue weighted by Gasteiger charge is -2.69. The van der Waals surface area contributed by atoms with Crippen LogP contribution in [0.3, 0.4) is 0 Å². The van der Waals surface area contributed by atoms with E-state index in [4.69, 9.17) is 18.9 Å². The molecule has 9 heteroatoms. The van der Waals surface area contributed by atoms with Gasteiger partial charge in [-0.3, -0.25) is 9.59 Å². The van der Waals surface area contributed by atoms with Gasteiger partial charge in [-0.2, -0.15) is 0 Å². The van der Waals surface area contributed by atoms with Crippen molar-refractivity contribution in [1.29, 1.82) is 0 Å². The van der Waals surface area contributed by atoms with Crippen LogP contribution >= 0.6 is 0 Å². The van der Waals surface area contributed by atoms with Gasteiger partial charge in [0.25, 0.3) is 0 Å². The normalized spacial score (nSPS) is 40.9. The molecule has 1 aliphatic heterocycles. The van der Waals surface area contributed by atoms with Crippen molar-refractivity contribution in [3.8, 4) is 0 Å². The van der Waals surface area contributed by atoms with Crippen LogP contribution in [-0.2, 0) is 28.5 Å². The predicted molar refractivity (Wildman–Crippen MR) is 161 cm³/mol. The highest BCUT2D eigenvalue weighted by Gasteiger charge is 2.77. The summed E-state index contributed by atoms with van der Waals surface area (Å²) in [6.45, 7) is 16.3. The van der Waals surface area contributed by atoms with Crippen LogP contribution in [0.4, 0.5) is 0 Å². The minimum Gasteiger partial charge on any atom is -0.455 e. The molecule has 0 amide bonds. The van der Waals surface area contributed by atoms with Crippen LogP contribution in [0.5, 0.6) is 0 Å². The summed E-state index contributed by atoms with van der Waals surface area (Å²) in [7, 11) is 0. The molecular formula is C35H48O9. The van der Waals surface area contributed by atoms with Gasteiger partial charge in [-0.1, -0.05) is 65.3 Å². The number of aliphatic hydroxyl groups is 2. The van der Waals surface area contributed by atoms with E-state index in [0.717, 1.165) is 5.57 Å². The summed E-state index contributed by atoms with van der Waals surface area (Å²) in [6, 6.07) is 8.58. The van der Waals surface area contributed by atoms with Gasteiger partial charge in [0.1, 0.15) is 23.9 Å². The Morgan fingerprint density at radius 1 is 1.02 bits per heavy atom. The molecule has 5 rings (SSSR count). The van der Waals surface area contributed by atoms with E-state index >= 15 is 0 Å². The van der Waals surface area contributed by atoms with E-state index in [1.54, 1.807) is 30.3 Å².